The highest BCUT2D eigenvalue weighted by Crippen LogP contribution is 2.41. The van der Waals surface area contributed by atoms with Gasteiger partial charge in [0.25, 0.3) is 5.91 Å². The van der Waals surface area contributed by atoms with Crippen molar-refractivity contribution in [2.45, 2.75) is 64.8 Å². The van der Waals surface area contributed by atoms with E-state index in [1.54, 1.807) is 0 Å². The third-order valence-corrected chi connectivity index (χ3v) is 6.88. The number of amides is 2. The molecule has 1 aromatic heterocycles. The van der Waals surface area contributed by atoms with Crippen LogP contribution in [0, 0.1) is 11.3 Å². The van der Waals surface area contributed by atoms with Crippen LogP contribution in [0.5, 0.6) is 0 Å². The zero-order valence-corrected chi connectivity index (χ0v) is 17.0. The fourth-order valence-electron chi connectivity index (χ4n) is 4.86. The SMILES string of the molecule is CC(C)(C)n1ccc(C(=O)N2CCC3(CCCN(CC4CCC4)C3=O)C2)c1. The third kappa shape index (κ3) is 3.41. The van der Waals surface area contributed by atoms with Crippen molar-refractivity contribution in [3.05, 3.63) is 24.0 Å². The van der Waals surface area contributed by atoms with Crippen LogP contribution in [0.4, 0.5) is 0 Å². The second kappa shape index (κ2) is 6.68. The smallest absolute Gasteiger partial charge is 0.255 e. The van der Waals surface area contributed by atoms with Crippen LogP contribution in [0.25, 0.3) is 0 Å². The molecule has 4 rings (SSSR count). The number of nitrogens with zero attached hydrogens (tertiary/aromatic N) is 3. The highest BCUT2D eigenvalue weighted by molar-refractivity contribution is 5.95. The molecule has 2 amide bonds. The van der Waals surface area contributed by atoms with Gasteiger partial charge in [0.1, 0.15) is 0 Å². The first-order chi connectivity index (χ1) is 12.8. The predicted octanol–water partition coefficient (Wildman–Crippen LogP) is 3.50. The monoisotopic (exact) mass is 371 g/mol. The summed E-state index contributed by atoms with van der Waals surface area (Å²) in [4.78, 5) is 30.3. The average Bonchev–Trinajstić information content (AvgIpc) is 3.22. The molecular weight excluding hydrogens is 338 g/mol. The van der Waals surface area contributed by atoms with Crippen LogP contribution in [0.3, 0.4) is 0 Å². The molecule has 1 unspecified atom stereocenters. The zero-order chi connectivity index (χ0) is 19.2. The second-order valence-corrected chi connectivity index (χ2v) is 9.89. The van der Waals surface area contributed by atoms with Gasteiger partial charge in [0.15, 0.2) is 0 Å². The Morgan fingerprint density at radius 1 is 1.19 bits per heavy atom. The summed E-state index contributed by atoms with van der Waals surface area (Å²) in [6.45, 7) is 9.51. The maximum absolute atomic E-state index is 13.2. The summed E-state index contributed by atoms with van der Waals surface area (Å²) in [6.07, 6.45) is 10.6. The average molecular weight is 372 g/mol. The molecule has 0 radical (unpaired) electrons. The van der Waals surface area contributed by atoms with E-state index in [1.807, 2.05) is 23.4 Å². The standard InChI is InChI=1S/C22H33N3O2/c1-21(2,3)25-12-8-18(15-25)19(26)24-13-10-22(16-24)9-5-11-23(20(22)27)14-17-6-4-7-17/h8,12,15,17H,4-7,9-11,13-14,16H2,1-3H3. The van der Waals surface area contributed by atoms with E-state index in [0.717, 1.165) is 37.9 Å². The largest absolute Gasteiger partial charge is 0.348 e. The third-order valence-electron chi connectivity index (χ3n) is 6.88. The van der Waals surface area contributed by atoms with Crippen molar-refractivity contribution in [3.8, 4) is 0 Å². The van der Waals surface area contributed by atoms with Gasteiger partial charge in [-0.3, -0.25) is 9.59 Å². The summed E-state index contributed by atoms with van der Waals surface area (Å²) >= 11 is 0. The topological polar surface area (TPSA) is 45.6 Å². The molecule has 27 heavy (non-hydrogen) atoms. The first-order valence-corrected chi connectivity index (χ1v) is 10.6. The molecule has 0 aromatic carbocycles. The van der Waals surface area contributed by atoms with Gasteiger partial charge >= 0.3 is 0 Å². The van der Waals surface area contributed by atoms with Gasteiger partial charge in [-0.1, -0.05) is 6.42 Å². The van der Waals surface area contributed by atoms with Gasteiger partial charge in [-0.05, 0) is 64.9 Å². The Hall–Kier alpha value is -1.78. The Morgan fingerprint density at radius 2 is 1.96 bits per heavy atom. The molecular formula is C22H33N3O2. The molecule has 5 nitrogen and oxygen atoms in total. The second-order valence-electron chi connectivity index (χ2n) is 9.89. The van der Waals surface area contributed by atoms with Gasteiger partial charge in [-0.15, -0.1) is 0 Å². The van der Waals surface area contributed by atoms with E-state index in [-0.39, 0.29) is 16.9 Å². The van der Waals surface area contributed by atoms with Gasteiger partial charge in [0.2, 0.25) is 5.91 Å². The minimum Gasteiger partial charge on any atom is -0.348 e. The summed E-state index contributed by atoms with van der Waals surface area (Å²) in [6, 6.07) is 1.91. The molecule has 2 aliphatic heterocycles. The van der Waals surface area contributed by atoms with Crippen molar-refractivity contribution < 1.29 is 9.59 Å². The lowest BCUT2D eigenvalue weighted by Gasteiger charge is -2.42. The molecule has 1 spiro atoms. The lowest BCUT2D eigenvalue weighted by Crippen LogP contribution is -2.52. The van der Waals surface area contributed by atoms with Crippen molar-refractivity contribution >= 4 is 11.8 Å². The molecule has 3 aliphatic rings. The maximum Gasteiger partial charge on any atom is 0.255 e. The highest BCUT2D eigenvalue weighted by atomic mass is 16.2. The Kier molecular flexibility index (Phi) is 4.59. The molecule has 1 aromatic rings. The number of rotatable bonds is 3. The molecule has 1 atom stereocenters. The Balaban J connectivity index is 1.44. The van der Waals surface area contributed by atoms with Crippen molar-refractivity contribution in [1.29, 1.82) is 0 Å². The fourth-order valence-corrected chi connectivity index (χ4v) is 4.86. The molecule has 3 heterocycles. The first-order valence-electron chi connectivity index (χ1n) is 10.6. The summed E-state index contributed by atoms with van der Waals surface area (Å²) in [7, 11) is 0. The van der Waals surface area contributed by atoms with Crippen LogP contribution in [-0.4, -0.2) is 52.4 Å². The van der Waals surface area contributed by atoms with Gasteiger partial charge in [0, 0.05) is 44.1 Å². The van der Waals surface area contributed by atoms with Crippen LogP contribution in [0.1, 0.15) is 69.7 Å². The Bertz CT molecular complexity index is 728. The van der Waals surface area contributed by atoms with Gasteiger partial charge in [0.05, 0.1) is 11.0 Å². The number of piperidine rings is 1. The van der Waals surface area contributed by atoms with E-state index in [0.29, 0.717) is 24.9 Å². The number of hydrogen-bond acceptors (Lipinski definition) is 2. The van der Waals surface area contributed by atoms with E-state index >= 15 is 0 Å². The molecule has 2 saturated heterocycles. The minimum absolute atomic E-state index is 0.0356. The molecule has 0 bridgehead atoms. The molecule has 5 heteroatoms. The van der Waals surface area contributed by atoms with Crippen molar-refractivity contribution in [2.75, 3.05) is 26.2 Å². The highest BCUT2D eigenvalue weighted by Gasteiger charge is 2.49. The molecule has 1 aliphatic carbocycles. The number of carbonyl (C=O) groups excluding carboxylic acids is 2. The molecule has 0 N–H and O–H groups in total. The zero-order valence-electron chi connectivity index (χ0n) is 17.0. The lowest BCUT2D eigenvalue weighted by molar-refractivity contribution is -0.146. The predicted molar refractivity (Wildman–Crippen MR) is 106 cm³/mol. The van der Waals surface area contributed by atoms with E-state index in [1.165, 1.54) is 19.3 Å². The van der Waals surface area contributed by atoms with E-state index < -0.39 is 0 Å². The van der Waals surface area contributed by atoms with Crippen LogP contribution in [0.2, 0.25) is 0 Å². The van der Waals surface area contributed by atoms with E-state index in [4.69, 9.17) is 0 Å². The first kappa shape index (κ1) is 18.6. The van der Waals surface area contributed by atoms with Crippen molar-refractivity contribution in [2.24, 2.45) is 11.3 Å². The number of carbonyl (C=O) groups is 2. The maximum atomic E-state index is 13.2. The summed E-state index contributed by atoms with van der Waals surface area (Å²) in [5.74, 6) is 1.09. The van der Waals surface area contributed by atoms with Crippen LogP contribution in [0.15, 0.2) is 18.5 Å². The fraction of sp³-hybridized carbons (Fsp3) is 0.727. The molecule has 1 saturated carbocycles. The van der Waals surface area contributed by atoms with Gasteiger partial charge in [-0.2, -0.15) is 0 Å². The van der Waals surface area contributed by atoms with Crippen LogP contribution in [-0.2, 0) is 10.3 Å². The van der Waals surface area contributed by atoms with E-state index in [2.05, 4.69) is 30.2 Å². The summed E-state index contributed by atoms with van der Waals surface area (Å²) < 4.78 is 2.08. The van der Waals surface area contributed by atoms with Crippen molar-refractivity contribution in [3.63, 3.8) is 0 Å². The lowest BCUT2D eigenvalue weighted by atomic mass is 9.77. The Morgan fingerprint density at radius 3 is 2.59 bits per heavy atom. The van der Waals surface area contributed by atoms with Gasteiger partial charge < -0.3 is 14.4 Å². The van der Waals surface area contributed by atoms with Gasteiger partial charge in [-0.25, -0.2) is 0 Å². The van der Waals surface area contributed by atoms with Crippen LogP contribution >= 0.6 is 0 Å². The minimum atomic E-state index is -0.329. The summed E-state index contributed by atoms with van der Waals surface area (Å²) in [5.41, 5.74) is 0.368. The normalized spacial score (nSPS) is 26.7. The quantitative estimate of drug-likeness (QED) is 0.816. The Labute approximate surface area is 162 Å². The number of likely N-dealkylation sites (tertiary alicyclic amines) is 2. The number of aromatic nitrogens is 1. The van der Waals surface area contributed by atoms with E-state index in [9.17, 15) is 9.59 Å². The molecule has 3 fully saturated rings. The number of hydrogen-bond donors (Lipinski definition) is 0. The van der Waals surface area contributed by atoms with Crippen molar-refractivity contribution in [1.82, 2.24) is 14.4 Å². The molecule has 148 valence electrons. The van der Waals surface area contributed by atoms with Crippen LogP contribution < -0.4 is 0 Å². The summed E-state index contributed by atoms with van der Waals surface area (Å²) in [5, 5.41) is 0.